The number of non-ortho nitro benzene ring substituents is 1. The molecule has 1 aromatic heterocycles. The third kappa shape index (κ3) is 4.61. The van der Waals surface area contributed by atoms with Gasteiger partial charge in [0, 0.05) is 43.9 Å². The zero-order chi connectivity index (χ0) is 24.6. The lowest BCUT2D eigenvalue weighted by molar-refractivity contribution is -0.385. The van der Waals surface area contributed by atoms with Crippen molar-refractivity contribution in [2.24, 2.45) is 0 Å². The van der Waals surface area contributed by atoms with Gasteiger partial charge in [0.1, 0.15) is 4.90 Å². The van der Waals surface area contributed by atoms with E-state index < -0.39 is 14.9 Å². The Morgan fingerprint density at radius 3 is 2.21 bits per heavy atom. The zero-order valence-corrected chi connectivity index (χ0v) is 20.6. The molecular formula is C23H24ClN5O4S. The van der Waals surface area contributed by atoms with Crippen LogP contribution < -0.4 is 4.90 Å². The van der Waals surface area contributed by atoms with E-state index in [0.717, 1.165) is 22.9 Å². The second-order valence-corrected chi connectivity index (χ2v) is 10.6. The fraction of sp³-hybridized carbons (Fsp3) is 0.304. The summed E-state index contributed by atoms with van der Waals surface area (Å²) in [4.78, 5) is 12.1. The normalized spacial score (nSPS) is 14.9. The molecule has 2 aromatic carbocycles. The Bertz CT molecular complexity index is 1350. The summed E-state index contributed by atoms with van der Waals surface area (Å²) in [5.41, 5.74) is 5.04. The van der Waals surface area contributed by atoms with Crippen molar-refractivity contribution in [2.75, 3.05) is 31.1 Å². The standard InChI is InChI=1S/C23H24ClN5O4S/c1-15-12-17(3)19(13-16(15)2)21-6-7-23(26-25-21)27-8-10-28(11-9-27)34(32,33)22-14-18(29(30)31)4-5-20(22)24/h4-7,12-14H,8-11H2,1-3H3. The molecule has 1 saturated heterocycles. The highest BCUT2D eigenvalue weighted by Crippen LogP contribution is 2.30. The molecule has 34 heavy (non-hydrogen) atoms. The summed E-state index contributed by atoms with van der Waals surface area (Å²) in [6, 6.07) is 11.5. The highest BCUT2D eigenvalue weighted by Gasteiger charge is 2.32. The summed E-state index contributed by atoms with van der Waals surface area (Å²) >= 11 is 6.07. The Balaban J connectivity index is 1.49. The van der Waals surface area contributed by atoms with Crippen LogP contribution in [0.15, 0.2) is 47.4 Å². The lowest BCUT2D eigenvalue weighted by atomic mass is 9.99. The number of halogens is 1. The second-order valence-electron chi connectivity index (χ2n) is 8.29. The molecule has 0 spiro atoms. The van der Waals surface area contributed by atoms with Crippen molar-refractivity contribution in [1.82, 2.24) is 14.5 Å². The summed E-state index contributed by atoms with van der Waals surface area (Å²) in [7, 11) is -3.98. The van der Waals surface area contributed by atoms with Gasteiger partial charge in [-0.2, -0.15) is 4.31 Å². The van der Waals surface area contributed by atoms with Gasteiger partial charge in [-0.05, 0) is 61.7 Å². The maximum absolute atomic E-state index is 13.1. The number of aromatic nitrogens is 2. The minimum absolute atomic E-state index is 0.0453. The Hall–Kier alpha value is -3.08. The Morgan fingerprint density at radius 1 is 0.912 bits per heavy atom. The van der Waals surface area contributed by atoms with Crippen LogP contribution in [0, 0.1) is 30.9 Å². The van der Waals surface area contributed by atoms with E-state index in [1.807, 2.05) is 24.0 Å². The number of hydrogen-bond donors (Lipinski definition) is 0. The fourth-order valence-electron chi connectivity index (χ4n) is 3.97. The Labute approximate surface area is 203 Å². The van der Waals surface area contributed by atoms with Crippen LogP contribution in [0.2, 0.25) is 5.02 Å². The first-order valence-corrected chi connectivity index (χ1v) is 12.5. The molecule has 0 bridgehead atoms. The first-order valence-electron chi connectivity index (χ1n) is 10.7. The predicted octanol–water partition coefficient (Wildman–Crippen LogP) is 4.14. The van der Waals surface area contributed by atoms with Gasteiger partial charge >= 0.3 is 0 Å². The van der Waals surface area contributed by atoms with Crippen LogP contribution in [0.4, 0.5) is 11.5 Å². The molecule has 4 rings (SSSR count). The highest BCUT2D eigenvalue weighted by atomic mass is 35.5. The number of anilines is 1. The largest absolute Gasteiger partial charge is 0.352 e. The topological polar surface area (TPSA) is 110 Å². The van der Waals surface area contributed by atoms with Gasteiger partial charge in [-0.15, -0.1) is 10.2 Å². The predicted molar refractivity (Wildman–Crippen MR) is 131 cm³/mol. The van der Waals surface area contributed by atoms with E-state index in [-0.39, 0.29) is 28.7 Å². The van der Waals surface area contributed by atoms with E-state index in [0.29, 0.717) is 18.9 Å². The molecule has 0 unspecified atom stereocenters. The third-order valence-corrected chi connectivity index (χ3v) is 8.45. The van der Waals surface area contributed by atoms with Crippen molar-refractivity contribution >= 4 is 33.1 Å². The molecule has 0 aliphatic carbocycles. The maximum atomic E-state index is 13.1. The lowest BCUT2D eigenvalue weighted by Gasteiger charge is -2.34. The molecule has 0 amide bonds. The zero-order valence-electron chi connectivity index (χ0n) is 19.0. The van der Waals surface area contributed by atoms with Crippen LogP contribution in [0.3, 0.4) is 0 Å². The summed E-state index contributed by atoms with van der Waals surface area (Å²) in [6.45, 7) is 7.39. The summed E-state index contributed by atoms with van der Waals surface area (Å²) in [5.74, 6) is 0.663. The number of hydrogen-bond acceptors (Lipinski definition) is 7. The number of rotatable bonds is 5. The van der Waals surface area contributed by atoms with E-state index in [1.165, 1.54) is 27.6 Å². The van der Waals surface area contributed by atoms with Crippen molar-refractivity contribution in [3.05, 3.63) is 74.3 Å². The van der Waals surface area contributed by atoms with Crippen molar-refractivity contribution in [3.8, 4) is 11.3 Å². The smallest absolute Gasteiger partial charge is 0.270 e. The van der Waals surface area contributed by atoms with Crippen LogP contribution in [-0.2, 0) is 10.0 Å². The lowest BCUT2D eigenvalue weighted by Crippen LogP contribution is -2.49. The molecular weight excluding hydrogens is 478 g/mol. The molecule has 0 N–H and O–H groups in total. The number of sulfonamides is 1. The van der Waals surface area contributed by atoms with Crippen LogP contribution >= 0.6 is 11.6 Å². The van der Waals surface area contributed by atoms with Gasteiger partial charge in [0.15, 0.2) is 5.82 Å². The van der Waals surface area contributed by atoms with Crippen molar-refractivity contribution < 1.29 is 13.3 Å². The number of nitro benzene ring substituents is 1. The number of benzene rings is 2. The Kier molecular flexibility index (Phi) is 6.57. The quantitative estimate of drug-likeness (QED) is 0.381. The molecule has 1 fully saturated rings. The van der Waals surface area contributed by atoms with E-state index in [9.17, 15) is 18.5 Å². The van der Waals surface area contributed by atoms with Crippen molar-refractivity contribution in [2.45, 2.75) is 25.7 Å². The first kappa shape index (κ1) is 24.1. The fourth-order valence-corrected chi connectivity index (χ4v) is 5.89. The van der Waals surface area contributed by atoms with Crippen molar-refractivity contribution in [3.63, 3.8) is 0 Å². The number of piperazine rings is 1. The van der Waals surface area contributed by atoms with Gasteiger partial charge in [-0.3, -0.25) is 10.1 Å². The van der Waals surface area contributed by atoms with E-state index in [1.54, 1.807) is 0 Å². The van der Waals surface area contributed by atoms with Gasteiger partial charge in [0.25, 0.3) is 5.69 Å². The molecule has 2 heterocycles. The van der Waals surface area contributed by atoms with Crippen LogP contribution in [0.1, 0.15) is 16.7 Å². The number of nitrogens with zero attached hydrogens (tertiary/aromatic N) is 5. The van der Waals surface area contributed by atoms with E-state index in [2.05, 4.69) is 36.2 Å². The average molecular weight is 502 g/mol. The second kappa shape index (κ2) is 9.28. The molecule has 0 saturated carbocycles. The number of nitro groups is 1. The van der Waals surface area contributed by atoms with Gasteiger partial charge in [-0.1, -0.05) is 17.7 Å². The first-order chi connectivity index (χ1) is 16.1. The highest BCUT2D eigenvalue weighted by molar-refractivity contribution is 7.89. The molecule has 11 heteroatoms. The monoisotopic (exact) mass is 501 g/mol. The molecule has 178 valence electrons. The van der Waals surface area contributed by atoms with Gasteiger partial charge in [-0.25, -0.2) is 8.42 Å². The molecule has 1 aliphatic rings. The maximum Gasteiger partial charge on any atom is 0.270 e. The SMILES string of the molecule is Cc1cc(C)c(-c2ccc(N3CCN(S(=O)(=O)c4cc([N+](=O)[O-])ccc4Cl)CC3)nn2)cc1C. The molecule has 0 radical (unpaired) electrons. The van der Waals surface area contributed by atoms with E-state index >= 15 is 0 Å². The molecule has 0 atom stereocenters. The van der Waals surface area contributed by atoms with E-state index in [4.69, 9.17) is 11.6 Å². The Morgan fingerprint density at radius 2 is 1.59 bits per heavy atom. The van der Waals surface area contributed by atoms with Crippen LogP contribution in [0.25, 0.3) is 11.3 Å². The van der Waals surface area contributed by atoms with Gasteiger partial charge in [0.05, 0.1) is 15.6 Å². The molecule has 3 aromatic rings. The summed E-state index contributed by atoms with van der Waals surface area (Å²) < 4.78 is 27.5. The third-order valence-electron chi connectivity index (χ3n) is 6.07. The van der Waals surface area contributed by atoms with Crippen LogP contribution in [-0.4, -0.2) is 54.0 Å². The van der Waals surface area contributed by atoms with Crippen molar-refractivity contribution in [1.29, 1.82) is 0 Å². The minimum Gasteiger partial charge on any atom is -0.352 e. The van der Waals surface area contributed by atoms with Crippen LogP contribution in [0.5, 0.6) is 0 Å². The summed E-state index contributed by atoms with van der Waals surface area (Å²) in [6.07, 6.45) is 0. The number of aryl methyl sites for hydroxylation is 3. The summed E-state index contributed by atoms with van der Waals surface area (Å²) in [5, 5.41) is 19.8. The average Bonchev–Trinajstić information content (AvgIpc) is 2.81. The van der Waals surface area contributed by atoms with Gasteiger partial charge < -0.3 is 4.90 Å². The molecule has 1 aliphatic heterocycles. The van der Waals surface area contributed by atoms with Gasteiger partial charge in [0.2, 0.25) is 10.0 Å². The minimum atomic E-state index is -3.98. The molecule has 9 nitrogen and oxygen atoms in total.